The number of hydrogen-bond acceptors (Lipinski definition) is 6. The van der Waals surface area contributed by atoms with Gasteiger partial charge in [-0.3, -0.25) is 4.98 Å². The maximum atomic E-state index is 5.38. The molecule has 6 nitrogen and oxygen atoms in total. The van der Waals surface area contributed by atoms with Gasteiger partial charge in [0, 0.05) is 18.1 Å². The van der Waals surface area contributed by atoms with Gasteiger partial charge in [-0.05, 0) is 42.0 Å². The van der Waals surface area contributed by atoms with Gasteiger partial charge < -0.3 is 4.42 Å². The fourth-order valence-electron chi connectivity index (χ4n) is 2.04. The van der Waals surface area contributed by atoms with E-state index in [0.717, 1.165) is 22.4 Å². The molecule has 0 atom stereocenters. The summed E-state index contributed by atoms with van der Waals surface area (Å²) in [6.07, 6.45) is 5.20. The average Bonchev–Trinajstić information content (AvgIpc) is 3.23. The van der Waals surface area contributed by atoms with Gasteiger partial charge in [0.1, 0.15) is 5.69 Å². The Morgan fingerprint density at radius 2 is 1.95 bits per heavy atom. The Labute approximate surface area is 130 Å². The molecule has 108 valence electrons. The zero-order valence-corrected chi connectivity index (χ0v) is 12.3. The standard InChI is InChI=1S/C15H11N5OS/c1-2-13(21-9-1)12-3-4-14-17-18-15(20(14)19-12)22-10-11-5-7-16-8-6-11/h1-9H,10H2. The highest BCUT2D eigenvalue weighted by atomic mass is 32.2. The number of hydrogen-bond donors (Lipinski definition) is 0. The van der Waals surface area contributed by atoms with Crippen LogP contribution in [0.15, 0.2) is 64.6 Å². The molecule has 0 fully saturated rings. The van der Waals surface area contributed by atoms with Crippen LogP contribution in [0.1, 0.15) is 5.56 Å². The lowest BCUT2D eigenvalue weighted by Crippen LogP contribution is -1.96. The van der Waals surface area contributed by atoms with Crippen molar-refractivity contribution in [2.24, 2.45) is 0 Å². The number of aromatic nitrogens is 5. The summed E-state index contributed by atoms with van der Waals surface area (Å²) in [6, 6.07) is 11.4. The number of nitrogens with zero attached hydrogens (tertiary/aromatic N) is 5. The van der Waals surface area contributed by atoms with Crippen molar-refractivity contribution in [3.63, 3.8) is 0 Å². The Balaban J connectivity index is 1.65. The smallest absolute Gasteiger partial charge is 0.212 e. The topological polar surface area (TPSA) is 69.1 Å². The fourth-order valence-corrected chi connectivity index (χ4v) is 2.89. The zero-order valence-electron chi connectivity index (χ0n) is 11.5. The second-order valence-electron chi connectivity index (χ2n) is 4.59. The van der Waals surface area contributed by atoms with E-state index in [4.69, 9.17) is 4.42 Å². The van der Waals surface area contributed by atoms with Crippen molar-refractivity contribution in [3.8, 4) is 11.5 Å². The van der Waals surface area contributed by atoms with Gasteiger partial charge in [-0.25, -0.2) is 0 Å². The van der Waals surface area contributed by atoms with Crippen molar-refractivity contribution in [1.82, 2.24) is 24.8 Å². The molecule has 0 bridgehead atoms. The fraction of sp³-hybridized carbons (Fsp3) is 0.0667. The zero-order chi connectivity index (χ0) is 14.8. The predicted molar refractivity (Wildman–Crippen MR) is 82.3 cm³/mol. The Morgan fingerprint density at radius 3 is 2.77 bits per heavy atom. The van der Waals surface area contributed by atoms with Crippen LogP contribution in [0, 0.1) is 0 Å². The lowest BCUT2D eigenvalue weighted by molar-refractivity contribution is 0.577. The number of rotatable bonds is 4. The van der Waals surface area contributed by atoms with Crippen LogP contribution in [0.25, 0.3) is 17.1 Å². The Hall–Kier alpha value is -2.67. The minimum absolute atomic E-state index is 0.715. The molecule has 22 heavy (non-hydrogen) atoms. The SMILES string of the molecule is c1coc(-c2ccc3nnc(SCc4ccncc4)n3n2)c1. The van der Waals surface area contributed by atoms with Crippen LogP contribution < -0.4 is 0 Å². The molecular weight excluding hydrogens is 298 g/mol. The summed E-state index contributed by atoms with van der Waals surface area (Å²) in [5, 5.41) is 13.6. The molecular formula is C15H11N5OS. The van der Waals surface area contributed by atoms with Crippen molar-refractivity contribution in [2.75, 3.05) is 0 Å². The summed E-state index contributed by atoms with van der Waals surface area (Å²) in [5.74, 6) is 1.51. The van der Waals surface area contributed by atoms with Gasteiger partial charge >= 0.3 is 0 Å². The van der Waals surface area contributed by atoms with E-state index in [9.17, 15) is 0 Å². The van der Waals surface area contributed by atoms with Crippen LogP contribution in [-0.4, -0.2) is 24.8 Å². The third kappa shape index (κ3) is 2.46. The predicted octanol–water partition coefficient (Wildman–Crippen LogP) is 3.07. The molecule has 4 aromatic heterocycles. The van der Waals surface area contributed by atoms with E-state index in [1.165, 1.54) is 5.56 Å². The van der Waals surface area contributed by atoms with Crippen LogP contribution in [-0.2, 0) is 5.75 Å². The molecule has 4 aromatic rings. The molecule has 0 unspecified atom stereocenters. The van der Waals surface area contributed by atoms with Gasteiger partial charge in [0.2, 0.25) is 5.16 Å². The van der Waals surface area contributed by atoms with Gasteiger partial charge in [-0.1, -0.05) is 11.8 Å². The van der Waals surface area contributed by atoms with E-state index < -0.39 is 0 Å². The van der Waals surface area contributed by atoms with Gasteiger partial charge in [-0.15, -0.1) is 10.2 Å². The van der Waals surface area contributed by atoms with Gasteiger partial charge in [0.05, 0.1) is 6.26 Å². The molecule has 0 spiro atoms. The van der Waals surface area contributed by atoms with E-state index >= 15 is 0 Å². The van der Waals surface area contributed by atoms with E-state index in [-0.39, 0.29) is 0 Å². The number of fused-ring (bicyclic) bond motifs is 1. The molecule has 0 radical (unpaired) electrons. The van der Waals surface area contributed by atoms with Crippen molar-refractivity contribution >= 4 is 17.4 Å². The Kier molecular flexibility index (Phi) is 3.32. The summed E-state index contributed by atoms with van der Waals surface area (Å²) in [7, 11) is 0. The monoisotopic (exact) mass is 309 g/mol. The van der Waals surface area contributed by atoms with Gasteiger partial charge in [0.25, 0.3) is 0 Å². The minimum Gasteiger partial charge on any atom is -0.463 e. The molecule has 0 aliphatic rings. The van der Waals surface area contributed by atoms with Crippen LogP contribution in [0.4, 0.5) is 0 Å². The molecule has 0 N–H and O–H groups in total. The van der Waals surface area contributed by atoms with Crippen LogP contribution in [0.2, 0.25) is 0 Å². The summed E-state index contributed by atoms with van der Waals surface area (Å²) in [4.78, 5) is 4.02. The minimum atomic E-state index is 0.715. The largest absolute Gasteiger partial charge is 0.463 e. The number of pyridine rings is 1. The van der Waals surface area contributed by atoms with E-state index in [2.05, 4.69) is 20.3 Å². The first-order valence-electron chi connectivity index (χ1n) is 6.68. The van der Waals surface area contributed by atoms with Crippen molar-refractivity contribution in [2.45, 2.75) is 10.9 Å². The molecule has 0 aliphatic carbocycles. The number of furan rings is 1. The first kappa shape index (κ1) is 13.0. The second-order valence-corrected chi connectivity index (χ2v) is 5.54. The lowest BCUT2D eigenvalue weighted by atomic mass is 10.3. The van der Waals surface area contributed by atoms with Crippen molar-refractivity contribution < 1.29 is 4.42 Å². The molecule has 4 heterocycles. The normalized spacial score (nSPS) is 11.1. The summed E-state index contributed by atoms with van der Waals surface area (Å²) < 4.78 is 7.12. The molecule has 0 aromatic carbocycles. The quantitative estimate of drug-likeness (QED) is 0.540. The maximum absolute atomic E-state index is 5.38. The third-order valence-electron chi connectivity index (χ3n) is 3.13. The summed E-state index contributed by atoms with van der Waals surface area (Å²) in [6.45, 7) is 0. The van der Waals surface area contributed by atoms with E-state index in [1.807, 2.05) is 36.4 Å². The molecule has 0 aliphatic heterocycles. The molecule has 0 saturated carbocycles. The first-order valence-corrected chi connectivity index (χ1v) is 7.67. The summed E-state index contributed by atoms with van der Waals surface area (Å²) in [5.41, 5.74) is 2.65. The highest BCUT2D eigenvalue weighted by Gasteiger charge is 2.10. The maximum Gasteiger partial charge on any atom is 0.212 e. The second kappa shape index (κ2) is 5.61. The number of thioether (sulfide) groups is 1. The van der Waals surface area contributed by atoms with Crippen LogP contribution >= 0.6 is 11.8 Å². The third-order valence-corrected chi connectivity index (χ3v) is 4.12. The first-order chi connectivity index (χ1) is 10.9. The Morgan fingerprint density at radius 1 is 1.05 bits per heavy atom. The molecule has 4 rings (SSSR count). The Bertz CT molecular complexity index is 889. The summed E-state index contributed by atoms with van der Waals surface area (Å²) >= 11 is 1.58. The van der Waals surface area contributed by atoms with E-state index in [1.54, 1.807) is 34.9 Å². The van der Waals surface area contributed by atoms with Crippen molar-refractivity contribution in [1.29, 1.82) is 0 Å². The lowest BCUT2D eigenvalue weighted by Gasteiger charge is -2.01. The van der Waals surface area contributed by atoms with Crippen molar-refractivity contribution in [3.05, 3.63) is 60.6 Å². The van der Waals surface area contributed by atoms with Crippen LogP contribution in [0.5, 0.6) is 0 Å². The highest BCUT2D eigenvalue weighted by molar-refractivity contribution is 7.98. The molecule has 0 amide bonds. The average molecular weight is 309 g/mol. The molecule has 0 saturated heterocycles. The van der Waals surface area contributed by atoms with Crippen LogP contribution in [0.3, 0.4) is 0 Å². The molecule has 7 heteroatoms. The van der Waals surface area contributed by atoms with Gasteiger partial charge in [-0.2, -0.15) is 9.61 Å². The highest BCUT2D eigenvalue weighted by Crippen LogP contribution is 2.23. The van der Waals surface area contributed by atoms with E-state index in [0.29, 0.717) is 5.65 Å². The van der Waals surface area contributed by atoms with Gasteiger partial charge in [0.15, 0.2) is 11.4 Å².